The van der Waals surface area contributed by atoms with Crippen LogP contribution in [-0.4, -0.2) is 75.0 Å². The van der Waals surface area contributed by atoms with Crippen molar-refractivity contribution in [1.29, 1.82) is 0 Å². The second-order valence-corrected chi connectivity index (χ2v) is 7.15. The molecule has 1 aliphatic rings. The highest BCUT2D eigenvalue weighted by Gasteiger charge is 2.14. The third-order valence-corrected chi connectivity index (χ3v) is 4.43. The minimum Gasteiger partial charge on any atom is -0.381 e. The van der Waals surface area contributed by atoms with Crippen LogP contribution in [0.2, 0.25) is 0 Å². The summed E-state index contributed by atoms with van der Waals surface area (Å²) in [6.45, 7) is 17.1. The highest BCUT2D eigenvalue weighted by atomic mass is 16.5. The lowest BCUT2D eigenvalue weighted by Gasteiger charge is -2.30. The molecule has 2 N–H and O–H groups in total. The summed E-state index contributed by atoms with van der Waals surface area (Å²) >= 11 is 0. The smallest absolute Gasteiger partial charge is 0.191 e. The first-order chi connectivity index (χ1) is 12.0. The summed E-state index contributed by atoms with van der Waals surface area (Å²) in [4.78, 5) is 7.14. The third kappa shape index (κ3) is 10.0. The molecule has 0 spiro atoms. The molecule has 0 saturated carbocycles. The zero-order valence-corrected chi connectivity index (χ0v) is 17.0. The van der Waals surface area contributed by atoms with E-state index in [2.05, 4.69) is 55.1 Å². The maximum Gasteiger partial charge on any atom is 0.191 e. The van der Waals surface area contributed by atoms with Gasteiger partial charge in [-0.3, -0.25) is 9.89 Å². The van der Waals surface area contributed by atoms with Crippen LogP contribution in [0.3, 0.4) is 0 Å². The van der Waals surface area contributed by atoms with Crippen molar-refractivity contribution in [3.8, 4) is 0 Å². The van der Waals surface area contributed by atoms with Crippen molar-refractivity contribution in [2.75, 3.05) is 46.0 Å². The molecule has 0 radical (unpaired) electrons. The largest absolute Gasteiger partial charge is 0.381 e. The van der Waals surface area contributed by atoms with Gasteiger partial charge in [0.15, 0.2) is 5.96 Å². The van der Waals surface area contributed by atoms with E-state index in [4.69, 9.17) is 9.47 Å². The summed E-state index contributed by atoms with van der Waals surface area (Å²) in [5.41, 5.74) is 0. The van der Waals surface area contributed by atoms with E-state index in [0.29, 0.717) is 18.2 Å². The van der Waals surface area contributed by atoms with Gasteiger partial charge in [-0.05, 0) is 53.9 Å². The maximum atomic E-state index is 5.89. The van der Waals surface area contributed by atoms with E-state index >= 15 is 0 Å². The summed E-state index contributed by atoms with van der Waals surface area (Å²) in [5.74, 6) is 0.904. The molecule has 1 saturated heterocycles. The Hall–Kier alpha value is -0.850. The summed E-state index contributed by atoms with van der Waals surface area (Å²) in [5, 5.41) is 6.76. The Morgan fingerprint density at radius 2 is 1.84 bits per heavy atom. The Morgan fingerprint density at radius 3 is 2.44 bits per heavy atom. The van der Waals surface area contributed by atoms with Crippen molar-refractivity contribution >= 4 is 5.96 Å². The molecule has 0 aromatic heterocycles. The number of aliphatic imine (C=N–C) groups is 1. The van der Waals surface area contributed by atoms with Gasteiger partial charge in [-0.15, -0.1) is 0 Å². The lowest BCUT2D eigenvalue weighted by atomic mass is 10.1. The van der Waals surface area contributed by atoms with Crippen molar-refractivity contribution in [3.63, 3.8) is 0 Å². The molecule has 1 rings (SSSR count). The van der Waals surface area contributed by atoms with Gasteiger partial charge in [0.2, 0.25) is 0 Å². The maximum absolute atomic E-state index is 5.89. The van der Waals surface area contributed by atoms with E-state index in [1.807, 2.05) is 0 Å². The van der Waals surface area contributed by atoms with Gasteiger partial charge in [0.05, 0.1) is 6.10 Å². The first kappa shape index (κ1) is 22.2. The van der Waals surface area contributed by atoms with Gasteiger partial charge in [0.1, 0.15) is 0 Å². The van der Waals surface area contributed by atoms with Crippen molar-refractivity contribution < 1.29 is 9.47 Å². The standard InChI is InChI=1S/C19H40N4O2/c1-6-20-19(22-11-12-23(16(2)3)17(4)5)21-10-7-13-25-18-8-14-24-15-9-18/h16-18H,6-15H2,1-5H3,(H2,20,21,22). The number of guanidine groups is 1. The van der Waals surface area contributed by atoms with Gasteiger partial charge in [-0.2, -0.15) is 0 Å². The molecule has 0 aromatic rings. The molecular formula is C19H40N4O2. The Kier molecular flexibility index (Phi) is 11.9. The van der Waals surface area contributed by atoms with Gasteiger partial charge in [-0.1, -0.05) is 0 Å². The number of ether oxygens (including phenoxy) is 2. The average Bonchev–Trinajstić information content (AvgIpc) is 2.58. The van der Waals surface area contributed by atoms with Crippen LogP contribution >= 0.6 is 0 Å². The number of hydrogen-bond donors (Lipinski definition) is 2. The van der Waals surface area contributed by atoms with Crippen LogP contribution in [-0.2, 0) is 9.47 Å². The number of hydrogen-bond acceptors (Lipinski definition) is 4. The third-order valence-electron chi connectivity index (χ3n) is 4.43. The minimum absolute atomic E-state index is 0.377. The molecule has 0 aliphatic carbocycles. The quantitative estimate of drug-likeness (QED) is 0.338. The molecule has 6 nitrogen and oxygen atoms in total. The summed E-state index contributed by atoms with van der Waals surface area (Å²) in [7, 11) is 0. The fourth-order valence-corrected chi connectivity index (χ4v) is 3.11. The van der Waals surface area contributed by atoms with Gasteiger partial charge in [0, 0.05) is 58.1 Å². The molecular weight excluding hydrogens is 316 g/mol. The normalized spacial score (nSPS) is 16.9. The van der Waals surface area contributed by atoms with E-state index in [9.17, 15) is 0 Å². The van der Waals surface area contributed by atoms with Crippen molar-refractivity contribution in [3.05, 3.63) is 0 Å². The molecule has 25 heavy (non-hydrogen) atoms. The highest BCUT2D eigenvalue weighted by molar-refractivity contribution is 5.79. The van der Waals surface area contributed by atoms with Crippen LogP contribution in [0.5, 0.6) is 0 Å². The van der Waals surface area contributed by atoms with Crippen LogP contribution in [0, 0.1) is 0 Å². The molecule has 0 bridgehead atoms. The average molecular weight is 357 g/mol. The predicted molar refractivity (Wildman–Crippen MR) is 105 cm³/mol. The SMILES string of the molecule is CCNC(=NCCCOC1CCOCC1)NCCN(C(C)C)C(C)C. The van der Waals surface area contributed by atoms with E-state index < -0.39 is 0 Å². The van der Waals surface area contributed by atoms with Crippen molar-refractivity contribution in [1.82, 2.24) is 15.5 Å². The number of nitrogens with one attached hydrogen (secondary N) is 2. The Balaban J connectivity index is 2.23. The van der Waals surface area contributed by atoms with Gasteiger partial charge in [-0.25, -0.2) is 0 Å². The Morgan fingerprint density at radius 1 is 1.16 bits per heavy atom. The first-order valence-corrected chi connectivity index (χ1v) is 10.0. The fourth-order valence-electron chi connectivity index (χ4n) is 3.11. The summed E-state index contributed by atoms with van der Waals surface area (Å²) in [6, 6.07) is 1.12. The lowest BCUT2D eigenvalue weighted by Crippen LogP contribution is -2.45. The second kappa shape index (κ2) is 13.4. The fraction of sp³-hybridized carbons (Fsp3) is 0.947. The molecule has 1 aliphatic heterocycles. The Labute approximate surface area is 154 Å². The van der Waals surface area contributed by atoms with Gasteiger partial charge in [0.25, 0.3) is 0 Å². The molecule has 0 atom stereocenters. The number of nitrogens with zero attached hydrogens (tertiary/aromatic N) is 2. The zero-order chi connectivity index (χ0) is 18.5. The van der Waals surface area contributed by atoms with E-state index in [-0.39, 0.29) is 0 Å². The monoisotopic (exact) mass is 356 g/mol. The molecule has 0 amide bonds. The van der Waals surface area contributed by atoms with Crippen molar-refractivity contribution in [2.45, 2.75) is 72.1 Å². The topological polar surface area (TPSA) is 58.1 Å². The number of rotatable bonds is 11. The van der Waals surface area contributed by atoms with Crippen LogP contribution in [0.15, 0.2) is 4.99 Å². The predicted octanol–water partition coefficient (Wildman–Crippen LogP) is 2.25. The Bertz CT molecular complexity index is 347. The summed E-state index contributed by atoms with van der Waals surface area (Å²) < 4.78 is 11.2. The van der Waals surface area contributed by atoms with E-state index in [0.717, 1.165) is 71.2 Å². The molecule has 6 heteroatoms. The van der Waals surface area contributed by atoms with Crippen LogP contribution in [0.1, 0.15) is 53.9 Å². The molecule has 148 valence electrons. The molecule has 1 heterocycles. The van der Waals surface area contributed by atoms with Crippen LogP contribution in [0.4, 0.5) is 0 Å². The van der Waals surface area contributed by atoms with Crippen molar-refractivity contribution in [2.24, 2.45) is 4.99 Å². The second-order valence-electron chi connectivity index (χ2n) is 7.15. The van der Waals surface area contributed by atoms with Crippen LogP contribution < -0.4 is 10.6 Å². The lowest BCUT2D eigenvalue weighted by molar-refractivity contribution is -0.0318. The minimum atomic E-state index is 0.377. The van der Waals surface area contributed by atoms with E-state index in [1.165, 1.54) is 0 Å². The van der Waals surface area contributed by atoms with Gasteiger partial charge < -0.3 is 20.1 Å². The molecule has 0 aromatic carbocycles. The van der Waals surface area contributed by atoms with Gasteiger partial charge >= 0.3 is 0 Å². The molecule has 1 fully saturated rings. The summed E-state index contributed by atoms with van der Waals surface area (Å²) in [6.07, 6.45) is 3.38. The first-order valence-electron chi connectivity index (χ1n) is 10.0. The van der Waals surface area contributed by atoms with E-state index in [1.54, 1.807) is 0 Å². The molecule has 0 unspecified atom stereocenters. The zero-order valence-electron chi connectivity index (χ0n) is 17.0. The highest BCUT2D eigenvalue weighted by Crippen LogP contribution is 2.10. The van der Waals surface area contributed by atoms with Crippen LogP contribution in [0.25, 0.3) is 0 Å².